The fourth-order valence-electron chi connectivity index (χ4n) is 4.37. The predicted octanol–water partition coefficient (Wildman–Crippen LogP) is 4.71. The van der Waals surface area contributed by atoms with Crippen molar-refractivity contribution >= 4 is 23.8 Å². The lowest BCUT2D eigenvalue weighted by Gasteiger charge is -2.19. The summed E-state index contributed by atoms with van der Waals surface area (Å²) in [6, 6.07) is 19.7. The van der Waals surface area contributed by atoms with Gasteiger partial charge in [0.2, 0.25) is 0 Å². The van der Waals surface area contributed by atoms with E-state index in [0.29, 0.717) is 0 Å². The molecule has 4 rings (SSSR count). The minimum absolute atomic E-state index is 0.0183. The number of alkyl carbamates (subject to hydrolysis) is 1. The summed E-state index contributed by atoms with van der Waals surface area (Å²) >= 11 is 0. The van der Waals surface area contributed by atoms with Gasteiger partial charge in [-0.25, -0.2) is 14.4 Å². The third-order valence-electron chi connectivity index (χ3n) is 6.22. The Bertz CT molecular complexity index is 1360. The van der Waals surface area contributed by atoms with Gasteiger partial charge in [0.15, 0.2) is 0 Å². The van der Waals surface area contributed by atoms with E-state index in [4.69, 9.17) is 14.2 Å². The number of amides is 2. The van der Waals surface area contributed by atoms with Crippen LogP contribution in [0.3, 0.4) is 0 Å². The average Bonchev–Trinajstić information content (AvgIpc) is 3.28. The molecular weight excluding hydrogens is 518 g/mol. The van der Waals surface area contributed by atoms with E-state index in [2.05, 4.69) is 17.2 Å². The third kappa shape index (κ3) is 6.81. The van der Waals surface area contributed by atoms with Crippen LogP contribution < -0.4 is 15.4 Å². The number of fused-ring (bicyclic) bond motifs is 3. The molecule has 0 radical (unpaired) electrons. The lowest BCUT2D eigenvalue weighted by atomic mass is 9.98. The molecule has 0 saturated heterocycles. The van der Waals surface area contributed by atoms with Gasteiger partial charge in [-0.2, -0.15) is 0 Å². The molecule has 0 unspecified atom stereocenters. The summed E-state index contributed by atoms with van der Waals surface area (Å²) in [5.74, 6) is -0.777. The number of ether oxygens (including phenoxy) is 3. The van der Waals surface area contributed by atoms with Gasteiger partial charge in [-0.1, -0.05) is 61.2 Å². The number of hydrogen-bond acceptors (Lipinski definition) is 8. The Morgan fingerprint density at radius 3 is 2.15 bits per heavy atom. The van der Waals surface area contributed by atoms with Crippen molar-refractivity contribution in [1.29, 1.82) is 0 Å². The van der Waals surface area contributed by atoms with E-state index in [1.165, 1.54) is 30.3 Å². The fourth-order valence-corrected chi connectivity index (χ4v) is 4.37. The molecule has 0 aliphatic heterocycles. The second-order valence-electron chi connectivity index (χ2n) is 8.80. The normalized spacial score (nSPS) is 12.3. The highest BCUT2D eigenvalue weighted by molar-refractivity contribution is 5.82. The molecule has 0 heterocycles. The number of carbonyl (C=O) groups is 3. The Morgan fingerprint density at radius 1 is 0.925 bits per heavy atom. The number of esters is 1. The molecule has 1 aliphatic carbocycles. The highest BCUT2D eigenvalue weighted by Gasteiger charge is 2.30. The van der Waals surface area contributed by atoms with Crippen LogP contribution in [0.1, 0.15) is 23.5 Å². The van der Waals surface area contributed by atoms with Gasteiger partial charge in [0.1, 0.15) is 25.0 Å². The number of nitro benzene ring substituents is 1. The molecule has 0 bridgehead atoms. The average molecular weight is 546 g/mol. The highest BCUT2D eigenvalue weighted by Crippen LogP contribution is 2.44. The zero-order valence-electron chi connectivity index (χ0n) is 21.4. The van der Waals surface area contributed by atoms with Gasteiger partial charge in [-0.3, -0.25) is 10.1 Å². The van der Waals surface area contributed by atoms with Crippen LogP contribution >= 0.6 is 0 Å². The number of hydrogen-bond donors (Lipinski definition) is 2. The Kier molecular flexibility index (Phi) is 9.08. The van der Waals surface area contributed by atoms with Crippen molar-refractivity contribution in [1.82, 2.24) is 10.6 Å². The molecule has 2 N–H and O–H groups in total. The second-order valence-corrected chi connectivity index (χ2v) is 8.80. The maximum atomic E-state index is 12.7. The second kappa shape index (κ2) is 13.1. The summed E-state index contributed by atoms with van der Waals surface area (Å²) in [5, 5.41) is 15.7. The van der Waals surface area contributed by atoms with Crippen molar-refractivity contribution in [3.05, 3.63) is 107 Å². The first-order valence-corrected chi connectivity index (χ1v) is 12.5. The van der Waals surface area contributed by atoms with Gasteiger partial charge in [-0.15, -0.1) is 0 Å². The van der Waals surface area contributed by atoms with Gasteiger partial charge in [-0.05, 0) is 40.8 Å². The highest BCUT2D eigenvalue weighted by atomic mass is 16.6. The maximum absolute atomic E-state index is 12.7. The maximum Gasteiger partial charge on any atom is 0.412 e. The first-order chi connectivity index (χ1) is 19.4. The van der Waals surface area contributed by atoms with Crippen LogP contribution in [0.15, 0.2) is 85.5 Å². The van der Waals surface area contributed by atoms with Crippen molar-refractivity contribution in [2.24, 2.45) is 0 Å². The lowest BCUT2D eigenvalue weighted by Crippen LogP contribution is -2.44. The van der Waals surface area contributed by atoms with Crippen LogP contribution in [0.5, 0.6) is 5.75 Å². The molecule has 0 fully saturated rings. The number of nitrogens with one attached hydrogen (secondary N) is 2. The Labute approximate surface area is 229 Å². The van der Waals surface area contributed by atoms with E-state index in [0.717, 1.165) is 22.3 Å². The first kappa shape index (κ1) is 27.8. The van der Waals surface area contributed by atoms with E-state index in [-0.39, 0.29) is 43.5 Å². The van der Waals surface area contributed by atoms with Crippen molar-refractivity contribution < 1.29 is 33.5 Å². The SMILES string of the molecule is C=CCOC(=O)[C@H](CCNC(=O)Oc1ccc([N+](=O)[O-])cc1)NC(=O)OCC1c2ccccc2-c2ccccc21. The summed E-state index contributed by atoms with van der Waals surface area (Å²) in [6.07, 6.45) is -0.276. The molecular formula is C29H27N3O8. The fraction of sp³-hybridized carbons (Fsp3) is 0.207. The Morgan fingerprint density at radius 2 is 1.55 bits per heavy atom. The number of nitro groups is 1. The number of nitrogens with zero attached hydrogens (tertiary/aromatic N) is 1. The molecule has 0 spiro atoms. The van der Waals surface area contributed by atoms with Crippen LogP contribution in [-0.4, -0.2) is 48.9 Å². The molecule has 11 heteroatoms. The molecule has 11 nitrogen and oxygen atoms in total. The number of rotatable bonds is 11. The van der Waals surface area contributed by atoms with Crippen LogP contribution in [0.2, 0.25) is 0 Å². The molecule has 40 heavy (non-hydrogen) atoms. The molecule has 1 aliphatic rings. The van der Waals surface area contributed by atoms with E-state index < -0.39 is 29.1 Å². The molecule has 1 atom stereocenters. The molecule has 0 aromatic heterocycles. The zero-order chi connectivity index (χ0) is 28.5. The minimum atomic E-state index is -1.12. The zero-order valence-corrected chi connectivity index (χ0v) is 21.4. The van der Waals surface area contributed by atoms with E-state index >= 15 is 0 Å². The van der Waals surface area contributed by atoms with E-state index in [1.807, 2.05) is 48.5 Å². The van der Waals surface area contributed by atoms with Gasteiger partial charge in [0.25, 0.3) is 5.69 Å². The minimum Gasteiger partial charge on any atom is -0.460 e. The summed E-state index contributed by atoms with van der Waals surface area (Å²) < 4.78 is 15.7. The van der Waals surface area contributed by atoms with Gasteiger partial charge < -0.3 is 24.8 Å². The predicted molar refractivity (Wildman–Crippen MR) is 145 cm³/mol. The number of non-ortho nitro benzene ring substituents is 1. The molecule has 2 amide bonds. The van der Waals surface area contributed by atoms with Crippen LogP contribution in [-0.2, 0) is 14.3 Å². The number of benzene rings is 3. The van der Waals surface area contributed by atoms with E-state index in [9.17, 15) is 24.5 Å². The van der Waals surface area contributed by atoms with Crippen LogP contribution in [0.25, 0.3) is 11.1 Å². The van der Waals surface area contributed by atoms with Crippen molar-refractivity contribution in [3.8, 4) is 16.9 Å². The first-order valence-electron chi connectivity index (χ1n) is 12.5. The van der Waals surface area contributed by atoms with Gasteiger partial charge in [0, 0.05) is 24.6 Å². The van der Waals surface area contributed by atoms with Crippen LogP contribution in [0.4, 0.5) is 15.3 Å². The number of carbonyl (C=O) groups excluding carboxylic acids is 3. The molecule has 3 aromatic rings. The summed E-state index contributed by atoms with van der Waals surface area (Å²) in [4.78, 5) is 47.5. The smallest absolute Gasteiger partial charge is 0.412 e. The van der Waals surface area contributed by atoms with Gasteiger partial charge >= 0.3 is 18.2 Å². The van der Waals surface area contributed by atoms with Crippen molar-refractivity contribution in [3.63, 3.8) is 0 Å². The molecule has 3 aromatic carbocycles. The lowest BCUT2D eigenvalue weighted by molar-refractivity contribution is -0.384. The third-order valence-corrected chi connectivity index (χ3v) is 6.22. The van der Waals surface area contributed by atoms with Crippen LogP contribution in [0, 0.1) is 10.1 Å². The Balaban J connectivity index is 1.31. The molecule has 206 valence electrons. The van der Waals surface area contributed by atoms with Crippen molar-refractivity contribution in [2.75, 3.05) is 19.8 Å². The quantitative estimate of drug-likeness (QED) is 0.152. The Hall–Kier alpha value is -5.19. The monoisotopic (exact) mass is 545 g/mol. The largest absolute Gasteiger partial charge is 0.460 e. The van der Waals surface area contributed by atoms with E-state index in [1.54, 1.807) is 0 Å². The summed E-state index contributed by atoms with van der Waals surface area (Å²) in [7, 11) is 0. The topological polar surface area (TPSA) is 146 Å². The summed E-state index contributed by atoms with van der Waals surface area (Å²) in [6.45, 7) is 3.46. The molecule has 0 saturated carbocycles. The van der Waals surface area contributed by atoms with Gasteiger partial charge in [0.05, 0.1) is 4.92 Å². The summed E-state index contributed by atoms with van der Waals surface area (Å²) in [5.41, 5.74) is 4.13. The van der Waals surface area contributed by atoms with Crippen molar-refractivity contribution in [2.45, 2.75) is 18.4 Å². The standard InChI is InChI=1S/C29H27N3O8/c1-2-17-38-27(33)26(15-16-30-28(34)40-20-13-11-19(12-14-20)32(36)37)31-29(35)39-18-25-23-9-5-3-7-21(23)22-8-4-6-10-24(22)25/h2-14,25-26H,1,15-18H2,(H,30,34)(H,31,35)/t26-/m0/s1.